The lowest BCUT2D eigenvalue weighted by molar-refractivity contribution is 0.211. The van der Waals surface area contributed by atoms with Crippen LogP contribution in [-0.2, 0) is 6.42 Å². The summed E-state index contributed by atoms with van der Waals surface area (Å²) in [7, 11) is 1.59. The minimum atomic E-state index is 0.374. The highest BCUT2D eigenvalue weighted by Crippen LogP contribution is 2.36. The minimum Gasteiger partial charge on any atom is -0.493 e. The highest BCUT2D eigenvalue weighted by Gasteiger charge is 2.12. The summed E-state index contributed by atoms with van der Waals surface area (Å²) in [6.07, 6.45) is 0.742. The van der Waals surface area contributed by atoms with Crippen molar-refractivity contribution in [3.8, 4) is 17.2 Å². The third kappa shape index (κ3) is 5.05. The van der Waals surface area contributed by atoms with Crippen LogP contribution in [0.4, 0.5) is 0 Å². The third-order valence-corrected chi connectivity index (χ3v) is 3.80. The Morgan fingerprint density at radius 3 is 2.25 bits per heavy atom. The van der Waals surface area contributed by atoms with E-state index < -0.39 is 0 Å². The van der Waals surface area contributed by atoms with Gasteiger partial charge >= 0.3 is 0 Å². The maximum atomic E-state index is 6.30. The highest BCUT2D eigenvalue weighted by molar-refractivity contribution is 6.32. The SMILES string of the molecule is COc1cc(CCN)cc(Cl)c1OCCOc1cc(C)cc(C)c1. The maximum absolute atomic E-state index is 6.30. The monoisotopic (exact) mass is 349 g/mol. The molecule has 0 bridgehead atoms. The van der Waals surface area contributed by atoms with Crippen molar-refractivity contribution in [2.24, 2.45) is 5.73 Å². The van der Waals surface area contributed by atoms with Gasteiger partial charge in [0, 0.05) is 0 Å². The molecular formula is C19H24ClNO3. The van der Waals surface area contributed by atoms with Crippen LogP contribution >= 0.6 is 11.6 Å². The molecule has 0 unspecified atom stereocenters. The lowest BCUT2D eigenvalue weighted by Gasteiger charge is -2.14. The number of aryl methyl sites for hydroxylation is 2. The number of nitrogens with two attached hydrogens (primary N) is 1. The molecule has 2 aromatic carbocycles. The Kier molecular flexibility index (Phi) is 6.76. The number of halogens is 1. The first-order chi connectivity index (χ1) is 11.5. The molecule has 2 aromatic rings. The van der Waals surface area contributed by atoms with Crippen LogP contribution in [0.2, 0.25) is 5.02 Å². The summed E-state index contributed by atoms with van der Waals surface area (Å²) >= 11 is 6.30. The fraction of sp³-hybridized carbons (Fsp3) is 0.368. The minimum absolute atomic E-state index is 0.374. The molecular weight excluding hydrogens is 326 g/mol. The van der Waals surface area contributed by atoms with Gasteiger partial charge in [0.2, 0.25) is 0 Å². The standard InChI is InChI=1S/C19H24ClNO3/c1-13-8-14(2)10-16(9-13)23-6-7-24-19-17(20)11-15(4-5-21)12-18(19)22-3/h8-12H,4-7,21H2,1-3H3. The molecule has 0 heterocycles. The first-order valence-corrected chi connectivity index (χ1v) is 8.31. The van der Waals surface area contributed by atoms with Gasteiger partial charge in [-0.2, -0.15) is 0 Å². The van der Waals surface area contributed by atoms with Crippen molar-refractivity contribution in [3.05, 3.63) is 52.0 Å². The molecule has 0 spiro atoms. The van der Waals surface area contributed by atoms with E-state index in [-0.39, 0.29) is 0 Å². The second kappa shape index (κ2) is 8.81. The van der Waals surface area contributed by atoms with Crippen molar-refractivity contribution in [2.75, 3.05) is 26.9 Å². The Morgan fingerprint density at radius 1 is 0.958 bits per heavy atom. The van der Waals surface area contributed by atoms with Gasteiger partial charge in [-0.25, -0.2) is 0 Å². The van der Waals surface area contributed by atoms with E-state index in [1.54, 1.807) is 7.11 Å². The van der Waals surface area contributed by atoms with Crippen LogP contribution in [0, 0.1) is 13.8 Å². The van der Waals surface area contributed by atoms with Gasteiger partial charge in [0.15, 0.2) is 11.5 Å². The zero-order valence-corrected chi connectivity index (χ0v) is 15.2. The fourth-order valence-electron chi connectivity index (χ4n) is 2.54. The number of ether oxygens (including phenoxy) is 3. The number of hydrogen-bond acceptors (Lipinski definition) is 4. The van der Waals surface area contributed by atoms with Crippen molar-refractivity contribution >= 4 is 11.6 Å². The van der Waals surface area contributed by atoms with Crippen LogP contribution in [0.25, 0.3) is 0 Å². The van der Waals surface area contributed by atoms with E-state index in [0.717, 1.165) is 17.7 Å². The third-order valence-electron chi connectivity index (χ3n) is 3.52. The Labute approximate surface area is 148 Å². The van der Waals surface area contributed by atoms with E-state index in [0.29, 0.717) is 36.3 Å². The normalized spacial score (nSPS) is 10.5. The molecule has 0 aliphatic carbocycles. The summed E-state index contributed by atoms with van der Waals surface area (Å²) in [5.74, 6) is 1.98. The van der Waals surface area contributed by atoms with Gasteiger partial charge in [-0.1, -0.05) is 17.7 Å². The molecule has 2 rings (SSSR count). The number of hydrogen-bond donors (Lipinski definition) is 1. The van der Waals surface area contributed by atoms with Gasteiger partial charge < -0.3 is 19.9 Å². The first-order valence-electron chi connectivity index (χ1n) is 7.94. The van der Waals surface area contributed by atoms with Crippen molar-refractivity contribution in [3.63, 3.8) is 0 Å². The topological polar surface area (TPSA) is 53.7 Å². The molecule has 5 heteroatoms. The summed E-state index contributed by atoms with van der Waals surface area (Å²) in [6.45, 7) is 5.45. The molecule has 0 saturated carbocycles. The molecule has 0 saturated heterocycles. The molecule has 0 aliphatic heterocycles. The first kappa shape index (κ1) is 18.4. The van der Waals surface area contributed by atoms with Crippen molar-refractivity contribution < 1.29 is 14.2 Å². The van der Waals surface area contributed by atoms with Gasteiger partial charge in [-0.05, 0) is 67.8 Å². The average molecular weight is 350 g/mol. The Bertz CT molecular complexity index is 668. The molecule has 4 nitrogen and oxygen atoms in total. The highest BCUT2D eigenvalue weighted by atomic mass is 35.5. The number of rotatable bonds is 8. The predicted molar refractivity (Wildman–Crippen MR) is 97.7 cm³/mol. The lowest BCUT2D eigenvalue weighted by Crippen LogP contribution is -2.10. The zero-order chi connectivity index (χ0) is 17.5. The van der Waals surface area contributed by atoms with Gasteiger partial charge in [-0.3, -0.25) is 0 Å². The van der Waals surface area contributed by atoms with Crippen LogP contribution in [0.3, 0.4) is 0 Å². The van der Waals surface area contributed by atoms with Crippen molar-refractivity contribution in [1.29, 1.82) is 0 Å². The van der Waals surface area contributed by atoms with Gasteiger partial charge in [-0.15, -0.1) is 0 Å². The Hall–Kier alpha value is -1.91. The Morgan fingerprint density at radius 2 is 1.62 bits per heavy atom. The quantitative estimate of drug-likeness (QED) is 0.734. The molecule has 24 heavy (non-hydrogen) atoms. The summed E-state index contributed by atoms with van der Waals surface area (Å²) < 4.78 is 16.9. The average Bonchev–Trinajstić information content (AvgIpc) is 2.52. The Balaban J connectivity index is 1.96. The van der Waals surface area contributed by atoms with Crippen LogP contribution in [0.15, 0.2) is 30.3 Å². The fourth-order valence-corrected chi connectivity index (χ4v) is 2.83. The molecule has 2 N–H and O–H groups in total. The zero-order valence-electron chi connectivity index (χ0n) is 14.4. The van der Waals surface area contributed by atoms with Crippen LogP contribution in [0.1, 0.15) is 16.7 Å². The summed E-state index contributed by atoms with van der Waals surface area (Å²) in [5.41, 5.74) is 8.95. The molecule has 130 valence electrons. The summed E-state index contributed by atoms with van der Waals surface area (Å²) in [6, 6.07) is 9.87. The number of benzene rings is 2. The van der Waals surface area contributed by atoms with Gasteiger partial charge in [0.25, 0.3) is 0 Å². The molecule has 0 radical (unpaired) electrons. The molecule has 0 fully saturated rings. The van der Waals surface area contributed by atoms with Crippen LogP contribution in [0.5, 0.6) is 17.2 Å². The van der Waals surface area contributed by atoms with Crippen molar-refractivity contribution in [1.82, 2.24) is 0 Å². The largest absolute Gasteiger partial charge is 0.493 e. The van der Waals surface area contributed by atoms with Crippen LogP contribution in [-0.4, -0.2) is 26.9 Å². The van der Waals surface area contributed by atoms with E-state index in [4.69, 9.17) is 31.5 Å². The van der Waals surface area contributed by atoms with E-state index in [1.807, 2.05) is 38.1 Å². The molecule has 0 amide bonds. The van der Waals surface area contributed by atoms with Gasteiger partial charge in [0.1, 0.15) is 19.0 Å². The smallest absolute Gasteiger partial charge is 0.179 e. The second-order valence-electron chi connectivity index (χ2n) is 5.67. The molecule has 0 aromatic heterocycles. The molecule has 0 aliphatic rings. The molecule has 0 atom stereocenters. The van der Waals surface area contributed by atoms with E-state index >= 15 is 0 Å². The van der Waals surface area contributed by atoms with E-state index in [9.17, 15) is 0 Å². The lowest BCUT2D eigenvalue weighted by atomic mass is 10.1. The van der Waals surface area contributed by atoms with E-state index in [1.165, 1.54) is 11.1 Å². The predicted octanol–water partition coefficient (Wildman–Crippen LogP) is 3.92. The summed E-state index contributed by atoms with van der Waals surface area (Å²) in [4.78, 5) is 0. The van der Waals surface area contributed by atoms with Crippen LogP contribution < -0.4 is 19.9 Å². The van der Waals surface area contributed by atoms with E-state index in [2.05, 4.69) is 6.07 Å². The number of methoxy groups -OCH3 is 1. The van der Waals surface area contributed by atoms with Crippen molar-refractivity contribution in [2.45, 2.75) is 20.3 Å². The summed E-state index contributed by atoms with van der Waals surface area (Å²) in [5, 5.41) is 0.518. The second-order valence-corrected chi connectivity index (χ2v) is 6.08. The van der Waals surface area contributed by atoms with Gasteiger partial charge in [0.05, 0.1) is 12.1 Å². The maximum Gasteiger partial charge on any atom is 0.179 e.